The van der Waals surface area contributed by atoms with Crippen molar-refractivity contribution in [2.75, 3.05) is 6.54 Å². The highest BCUT2D eigenvalue weighted by molar-refractivity contribution is 5.94. The van der Waals surface area contributed by atoms with E-state index in [4.69, 9.17) is 6.42 Å². The topological polar surface area (TPSA) is 29.1 Å². The number of carbonyl (C=O) groups is 1. The number of nitrogens with one attached hydrogen (secondary N) is 1. The summed E-state index contributed by atoms with van der Waals surface area (Å²) < 4.78 is 26.3. The average molecular weight is 237 g/mol. The van der Waals surface area contributed by atoms with Gasteiger partial charge in [0.25, 0.3) is 5.91 Å². The summed E-state index contributed by atoms with van der Waals surface area (Å²) in [7, 11) is 0. The molecule has 0 aromatic heterocycles. The van der Waals surface area contributed by atoms with Crippen LogP contribution in [0, 0.1) is 30.9 Å². The lowest BCUT2D eigenvalue weighted by Gasteiger charge is -2.06. The fourth-order valence-corrected chi connectivity index (χ4v) is 1.32. The number of carbonyl (C=O) groups excluding carboxylic acids is 1. The van der Waals surface area contributed by atoms with Gasteiger partial charge in [0.15, 0.2) is 0 Å². The number of halogens is 2. The van der Waals surface area contributed by atoms with Crippen LogP contribution in [0.25, 0.3) is 0 Å². The standard InChI is InChI=1S/C13H13F2NO/c1-3-4-5-6-16-13(17)10-7-9(2)11(14)8-12(10)15/h1,7-8H,4-6H2,2H3,(H,16,17). The van der Waals surface area contributed by atoms with E-state index in [-0.39, 0.29) is 11.1 Å². The van der Waals surface area contributed by atoms with Gasteiger partial charge in [-0.25, -0.2) is 8.78 Å². The molecule has 0 atom stereocenters. The van der Waals surface area contributed by atoms with E-state index in [0.717, 1.165) is 0 Å². The first-order chi connectivity index (χ1) is 8.06. The Morgan fingerprint density at radius 2 is 2.12 bits per heavy atom. The van der Waals surface area contributed by atoms with Crippen molar-refractivity contribution in [3.05, 3.63) is 34.9 Å². The summed E-state index contributed by atoms with van der Waals surface area (Å²) in [6.07, 6.45) is 6.23. The number of rotatable bonds is 4. The average Bonchev–Trinajstić information content (AvgIpc) is 2.29. The molecule has 4 heteroatoms. The quantitative estimate of drug-likeness (QED) is 0.632. The lowest BCUT2D eigenvalue weighted by molar-refractivity contribution is 0.0949. The summed E-state index contributed by atoms with van der Waals surface area (Å²) in [6, 6.07) is 1.91. The van der Waals surface area contributed by atoms with Gasteiger partial charge in [0, 0.05) is 19.0 Å². The summed E-state index contributed by atoms with van der Waals surface area (Å²) in [5.74, 6) is 0.362. The predicted octanol–water partition coefficient (Wildman–Crippen LogP) is 2.42. The van der Waals surface area contributed by atoms with Gasteiger partial charge in [-0.1, -0.05) is 0 Å². The van der Waals surface area contributed by atoms with Gasteiger partial charge < -0.3 is 5.32 Å². The number of benzene rings is 1. The molecule has 1 aromatic carbocycles. The first-order valence-electron chi connectivity index (χ1n) is 5.23. The highest BCUT2D eigenvalue weighted by Gasteiger charge is 2.13. The Morgan fingerprint density at radius 1 is 1.41 bits per heavy atom. The number of terminal acetylenes is 1. The predicted molar refractivity (Wildman–Crippen MR) is 61.5 cm³/mol. The van der Waals surface area contributed by atoms with E-state index in [1.165, 1.54) is 13.0 Å². The van der Waals surface area contributed by atoms with Crippen LogP contribution in [0.2, 0.25) is 0 Å². The second-order valence-electron chi connectivity index (χ2n) is 3.64. The van der Waals surface area contributed by atoms with Crippen LogP contribution in [-0.4, -0.2) is 12.5 Å². The molecule has 1 N–H and O–H groups in total. The summed E-state index contributed by atoms with van der Waals surface area (Å²) in [4.78, 5) is 11.6. The van der Waals surface area contributed by atoms with E-state index >= 15 is 0 Å². The SMILES string of the molecule is C#CCCCNC(=O)c1cc(C)c(F)cc1F. The number of hydrogen-bond acceptors (Lipinski definition) is 1. The number of aryl methyl sites for hydroxylation is 1. The molecular weight excluding hydrogens is 224 g/mol. The van der Waals surface area contributed by atoms with Crippen LogP contribution in [0.1, 0.15) is 28.8 Å². The van der Waals surface area contributed by atoms with Gasteiger partial charge in [0.1, 0.15) is 11.6 Å². The zero-order valence-corrected chi connectivity index (χ0v) is 9.52. The number of amides is 1. The van der Waals surface area contributed by atoms with Crippen molar-refractivity contribution in [3.63, 3.8) is 0 Å². The Balaban J connectivity index is 2.70. The van der Waals surface area contributed by atoms with Crippen molar-refractivity contribution in [2.45, 2.75) is 19.8 Å². The molecule has 0 saturated carbocycles. The molecule has 0 fully saturated rings. The Hall–Kier alpha value is -1.89. The van der Waals surface area contributed by atoms with E-state index in [0.29, 0.717) is 25.5 Å². The maximum absolute atomic E-state index is 13.3. The second kappa shape index (κ2) is 6.00. The van der Waals surface area contributed by atoms with Gasteiger partial charge in [0.2, 0.25) is 0 Å². The molecule has 0 aliphatic rings. The van der Waals surface area contributed by atoms with Crippen LogP contribution in [0.5, 0.6) is 0 Å². The van der Waals surface area contributed by atoms with Crippen LogP contribution in [0.15, 0.2) is 12.1 Å². The highest BCUT2D eigenvalue weighted by Crippen LogP contribution is 2.13. The van der Waals surface area contributed by atoms with Crippen molar-refractivity contribution in [1.29, 1.82) is 0 Å². The molecule has 2 nitrogen and oxygen atoms in total. The number of unbranched alkanes of at least 4 members (excludes halogenated alkanes) is 1. The molecule has 1 rings (SSSR count). The van der Waals surface area contributed by atoms with Crippen molar-refractivity contribution in [1.82, 2.24) is 5.32 Å². The summed E-state index contributed by atoms with van der Waals surface area (Å²) in [5.41, 5.74) is 0.0878. The lowest BCUT2D eigenvalue weighted by atomic mass is 10.1. The van der Waals surface area contributed by atoms with Gasteiger partial charge in [-0.2, -0.15) is 0 Å². The molecule has 0 bridgehead atoms. The van der Waals surface area contributed by atoms with Crippen molar-refractivity contribution in [3.8, 4) is 12.3 Å². The monoisotopic (exact) mass is 237 g/mol. The lowest BCUT2D eigenvalue weighted by Crippen LogP contribution is -2.25. The number of hydrogen-bond donors (Lipinski definition) is 1. The fraction of sp³-hybridized carbons (Fsp3) is 0.308. The fourth-order valence-electron chi connectivity index (χ4n) is 1.32. The molecule has 0 spiro atoms. The molecule has 1 amide bonds. The molecule has 0 unspecified atom stereocenters. The molecule has 0 heterocycles. The van der Waals surface area contributed by atoms with Crippen LogP contribution >= 0.6 is 0 Å². The first-order valence-corrected chi connectivity index (χ1v) is 5.23. The van der Waals surface area contributed by atoms with E-state index in [1.807, 2.05) is 0 Å². The third kappa shape index (κ3) is 3.56. The summed E-state index contributed by atoms with van der Waals surface area (Å²) >= 11 is 0. The van der Waals surface area contributed by atoms with E-state index in [2.05, 4.69) is 11.2 Å². The first kappa shape index (κ1) is 13.2. The third-order valence-corrected chi connectivity index (χ3v) is 2.28. The van der Waals surface area contributed by atoms with Crippen molar-refractivity contribution in [2.24, 2.45) is 0 Å². The molecule has 90 valence electrons. The molecule has 17 heavy (non-hydrogen) atoms. The maximum atomic E-state index is 13.3. The van der Waals surface area contributed by atoms with Gasteiger partial charge in [-0.15, -0.1) is 12.3 Å². The van der Waals surface area contributed by atoms with Crippen molar-refractivity contribution < 1.29 is 13.6 Å². The Bertz CT molecular complexity index is 463. The zero-order valence-electron chi connectivity index (χ0n) is 9.52. The van der Waals surface area contributed by atoms with E-state index < -0.39 is 17.5 Å². The minimum Gasteiger partial charge on any atom is -0.352 e. The zero-order chi connectivity index (χ0) is 12.8. The van der Waals surface area contributed by atoms with Gasteiger partial charge >= 0.3 is 0 Å². The van der Waals surface area contributed by atoms with Crippen molar-refractivity contribution >= 4 is 5.91 Å². The summed E-state index contributed by atoms with van der Waals surface area (Å²) in [5, 5.41) is 2.52. The van der Waals surface area contributed by atoms with Crippen LogP contribution < -0.4 is 5.32 Å². The Kier molecular flexibility index (Phi) is 4.65. The normalized spacial score (nSPS) is 9.76. The third-order valence-electron chi connectivity index (χ3n) is 2.28. The molecular formula is C13H13F2NO. The maximum Gasteiger partial charge on any atom is 0.254 e. The van der Waals surface area contributed by atoms with Gasteiger partial charge in [-0.05, 0) is 25.0 Å². The molecule has 0 radical (unpaired) electrons. The Morgan fingerprint density at radius 3 is 2.76 bits per heavy atom. The van der Waals surface area contributed by atoms with Crippen LogP contribution in [-0.2, 0) is 0 Å². The summed E-state index contributed by atoms with van der Waals surface area (Å²) in [6.45, 7) is 1.85. The van der Waals surface area contributed by atoms with E-state index in [1.54, 1.807) is 0 Å². The molecule has 0 aliphatic carbocycles. The molecule has 1 aromatic rings. The van der Waals surface area contributed by atoms with Gasteiger partial charge in [-0.3, -0.25) is 4.79 Å². The van der Waals surface area contributed by atoms with Gasteiger partial charge in [0.05, 0.1) is 5.56 Å². The minimum atomic E-state index is -0.859. The smallest absolute Gasteiger partial charge is 0.254 e. The van der Waals surface area contributed by atoms with Crippen LogP contribution in [0.3, 0.4) is 0 Å². The Labute approximate surface area is 99.0 Å². The highest BCUT2D eigenvalue weighted by atomic mass is 19.1. The largest absolute Gasteiger partial charge is 0.352 e. The molecule has 0 aliphatic heterocycles. The second-order valence-corrected chi connectivity index (χ2v) is 3.64. The molecule has 0 saturated heterocycles. The van der Waals surface area contributed by atoms with E-state index in [9.17, 15) is 13.6 Å². The van der Waals surface area contributed by atoms with Crippen LogP contribution in [0.4, 0.5) is 8.78 Å². The minimum absolute atomic E-state index is 0.149.